The smallest absolute Gasteiger partial charge is 0.261 e. The Balaban J connectivity index is 1.93. The van der Waals surface area contributed by atoms with Crippen molar-refractivity contribution < 1.29 is 14.3 Å². The molecule has 0 saturated heterocycles. The maximum Gasteiger partial charge on any atom is 0.261 e. The summed E-state index contributed by atoms with van der Waals surface area (Å²) in [6.07, 6.45) is 0.336. The number of carbonyl (C=O) groups is 2. The van der Waals surface area contributed by atoms with E-state index in [9.17, 15) is 9.59 Å². The number of benzene rings is 3. The van der Waals surface area contributed by atoms with Crippen LogP contribution in [-0.2, 0) is 22.6 Å². The monoisotopic (exact) mass is 624 g/mol. The van der Waals surface area contributed by atoms with Gasteiger partial charge in [0.05, 0.1) is 14.5 Å². The van der Waals surface area contributed by atoms with Crippen LogP contribution in [0.15, 0.2) is 71.2 Å². The van der Waals surface area contributed by atoms with Gasteiger partial charge in [0.15, 0.2) is 6.61 Å². The zero-order chi connectivity index (χ0) is 26.9. The normalized spacial score (nSPS) is 11.8. The van der Waals surface area contributed by atoms with Crippen LogP contribution in [0.3, 0.4) is 0 Å². The van der Waals surface area contributed by atoms with E-state index in [0.29, 0.717) is 38.3 Å². The number of carbonyl (C=O) groups excluding carboxylic acids is 2. The van der Waals surface area contributed by atoms with Crippen molar-refractivity contribution in [3.63, 3.8) is 0 Å². The van der Waals surface area contributed by atoms with Crippen LogP contribution in [0.4, 0.5) is 0 Å². The van der Waals surface area contributed by atoms with E-state index < -0.39 is 6.04 Å². The summed E-state index contributed by atoms with van der Waals surface area (Å²) in [5.74, 6) is 0.134. The number of halogens is 4. The van der Waals surface area contributed by atoms with Crippen molar-refractivity contribution in [2.75, 3.05) is 13.2 Å². The Labute approximate surface area is 241 Å². The van der Waals surface area contributed by atoms with Gasteiger partial charge in [0, 0.05) is 24.5 Å². The van der Waals surface area contributed by atoms with Crippen molar-refractivity contribution in [3.05, 3.63) is 97.4 Å². The molecule has 1 atom stereocenters. The zero-order valence-corrected chi connectivity index (χ0v) is 24.4. The van der Waals surface area contributed by atoms with Crippen LogP contribution < -0.4 is 10.1 Å². The first-order valence-corrected chi connectivity index (χ1v) is 13.7. The van der Waals surface area contributed by atoms with Gasteiger partial charge in [0.1, 0.15) is 11.8 Å². The maximum atomic E-state index is 13.6. The molecule has 3 aromatic rings. The number of ether oxygens (including phenoxy) is 1. The molecule has 3 rings (SSSR count). The Hall–Kier alpha value is -2.25. The number of nitrogens with zero attached hydrogens (tertiary/aromatic N) is 1. The van der Waals surface area contributed by atoms with Gasteiger partial charge in [-0.2, -0.15) is 0 Å². The lowest BCUT2D eigenvalue weighted by atomic mass is 10.0. The molecule has 0 heterocycles. The summed E-state index contributed by atoms with van der Waals surface area (Å²) in [7, 11) is 0. The van der Waals surface area contributed by atoms with Crippen LogP contribution in [0, 0.1) is 5.92 Å². The predicted molar refractivity (Wildman–Crippen MR) is 153 cm³/mol. The van der Waals surface area contributed by atoms with Gasteiger partial charge in [-0.25, -0.2) is 0 Å². The summed E-state index contributed by atoms with van der Waals surface area (Å²) in [5.41, 5.74) is 1.67. The molecule has 3 aromatic carbocycles. The summed E-state index contributed by atoms with van der Waals surface area (Å²) < 4.78 is 6.44. The quantitative estimate of drug-likeness (QED) is 0.245. The first kappa shape index (κ1) is 29.3. The molecular weight excluding hydrogens is 599 g/mol. The van der Waals surface area contributed by atoms with Crippen molar-refractivity contribution in [1.82, 2.24) is 10.2 Å². The molecule has 0 spiro atoms. The zero-order valence-electron chi connectivity index (χ0n) is 20.5. The molecule has 0 aromatic heterocycles. The Kier molecular flexibility index (Phi) is 11.1. The summed E-state index contributed by atoms with van der Waals surface area (Å²) in [4.78, 5) is 28.6. The van der Waals surface area contributed by atoms with Gasteiger partial charge in [0.25, 0.3) is 5.91 Å². The fourth-order valence-electron chi connectivity index (χ4n) is 3.63. The van der Waals surface area contributed by atoms with Crippen LogP contribution in [-0.4, -0.2) is 35.9 Å². The highest BCUT2D eigenvalue weighted by atomic mass is 79.9. The predicted octanol–water partition coefficient (Wildman–Crippen LogP) is 7.20. The number of hydrogen-bond acceptors (Lipinski definition) is 3. The fourth-order valence-corrected chi connectivity index (χ4v) is 4.74. The molecule has 0 bridgehead atoms. The number of nitrogens with one attached hydrogen (secondary N) is 1. The van der Waals surface area contributed by atoms with E-state index in [2.05, 4.69) is 21.2 Å². The van der Waals surface area contributed by atoms with Gasteiger partial charge in [-0.15, -0.1) is 0 Å². The van der Waals surface area contributed by atoms with Gasteiger partial charge in [0.2, 0.25) is 5.91 Å². The Bertz CT molecular complexity index is 1220. The summed E-state index contributed by atoms with van der Waals surface area (Å²) in [6.45, 7) is 4.40. The second-order valence-electron chi connectivity index (χ2n) is 8.98. The lowest BCUT2D eigenvalue weighted by Gasteiger charge is -2.32. The van der Waals surface area contributed by atoms with Crippen LogP contribution in [0.1, 0.15) is 25.0 Å². The van der Waals surface area contributed by atoms with Crippen molar-refractivity contribution in [1.29, 1.82) is 0 Å². The molecule has 1 N–H and O–H groups in total. The van der Waals surface area contributed by atoms with Gasteiger partial charge >= 0.3 is 0 Å². The van der Waals surface area contributed by atoms with Crippen LogP contribution in [0.25, 0.3) is 0 Å². The molecule has 9 heteroatoms. The van der Waals surface area contributed by atoms with Crippen molar-refractivity contribution in [3.8, 4) is 5.75 Å². The average molecular weight is 627 g/mol. The number of rotatable bonds is 11. The molecule has 0 radical (unpaired) electrons. The molecule has 37 heavy (non-hydrogen) atoms. The van der Waals surface area contributed by atoms with Crippen LogP contribution >= 0.6 is 50.7 Å². The van der Waals surface area contributed by atoms with E-state index in [0.717, 1.165) is 11.1 Å². The van der Waals surface area contributed by atoms with E-state index in [-0.39, 0.29) is 30.9 Å². The molecule has 0 unspecified atom stereocenters. The Morgan fingerprint density at radius 3 is 2.32 bits per heavy atom. The number of amides is 2. The highest BCUT2D eigenvalue weighted by molar-refractivity contribution is 9.10. The summed E-state index contributed by atoms with van der Waals surface area (Å²) in [6, 6.07) is 19.0. The number of hydrogen-bond donors (Lipinski definition) is 1. The third-order valence-electron chi connectivity index (χ3n) is 5.54. The average Bonchev–Trinajstić information content (AvgIpc) is 2.86. The van der Waals surface area contributed by atoms with Gasteiger partial charge in [-0.3, -0.25) is 9.59 Å². The van der Waals surface area contributed by atoms with Gasteiger partial charge in [-0.05, 0) is 63.3 Å². The SMILES string of the molecule is CC(C)CNC(=O)[C@H](Cc1ccccc1)N(Cc1ccc(Cl)c(Cl)c1)C(=O)COc1ccc(Cl)cc1Br. The minimum absolute atomic E-state index is 0.146. The van der Waals surface area contributed by atoms with Crippen LogP contribution in [0.2, 0.25) is 15.1 Å². The van der Waals surface area contributed by atoms with Gasteiger partial charge in [-0.1, -0.05) is 85.0 Å². The second-order valence-corrected chi connectivity index (χ2v) is 11.1. The molecule has 5 nitrogen and oxygen atoms in total. The summed E-state index contributed by atoms with van der Waals surface area (Å²) in [5, 5.41) is 4.31. The largest absolute Gasteiger partial charge is 0.483 e. The molecule has 0 aliphatic carbocycles. The molecule has 0 aliphatic rings. The highest BCUT2D eigenvalue weighted by Crippen LogP contribution is 2.28. The third-order valence-corrected chi connectivity index (χ3v) is 7.13. The first-order chi connectivity index (χ1) is 17.6. The standard InChI is InChI=1S/C28H28BrCl3N2O3/c1-18(2)15-33-28(36)25(13-19-6-4-3-5-7-19)34(16-20-8-10-23(31)24(32)12-20)27(35)17-37-26-11-9-21(30)14-22(26)29/h3-12,14,18,25H,13,15-17H2,1-2H3,(H,33,36)/t25-/m0/s1. The highest BCUT2D eigenvalue weighted by Gasteiger charge is 2.31. The van der Waals surface area contributed by atoms with E-state index in [1.807, 2.05) is 44.2 Å². The molecule has 0 saturated carbocycles. The van der Waals surface area contributed by atoms with Gasteiger partial charge < -0.3 is 15.0 Å². The Morgan fingerprint density at radius 2 is 1.68 bits per heavy atom. The molecule has 0 aliphatic heterocycles. The minimum atomic E-state index is -0.777. The lowest BCUT2D eigenvalue weighted by Crippen LogP contribution is -2.52. The van der Waals surface area contributed by atoms with E-state index >= 15 is 0 Å². The van der Waals surface area contributed by atoms with E-state index in [1.54, 1.807) is 36.4 Å². The third kappa shape index (κ3) is 8.92. The minimum Gasteiger partial charge on any atom is -0.483 e. The van der Waals surface area contributed by atoms with Crippen molar-refractivity contribution >= 4 is 62.5 Å². The molecule has 0 fully saturated rings. The molecule has 2 amide bonds. The second kappa shape index (κ2) is 14.1. The summed E-state index contributed by atoms with van der Waals surface area (Å²) >= 11 is 21.8. The maximum absolute atomic E-state index is 13.6. The van der Waals surface area contributed by atoms with E-state index in [4.69, 9.17) is 39.5 Å². The van der Waals surface area contributed by atoms with Crippen LogP contribution in [0.5, 0.6) is 5.75 Å². The molecule has 196 valence electrons. The topological polar surface area (TPSA) is 58.6 Å². The first-order valence-electron chi connectivity index (χ1n) is 11.8. The molecular formula is C28H28BrCl3N2O3. The van der Waals surface area contributed by atoms with Crippen molar-refractivity contribution in [2.45, 2.75) is 32.9 Å². The fraction of sp³-hybridized carbons (Fsp3) is 0.286. The Morgan fingerprint density at radius 1 is 0.946 bits per heavy atom. The van der Waals surface area contributed by atoms with E-state index in [1.165, 1.54) is 4.90 Å². The lowest BCUT2D eigenvalue weighted by molar-refractivity contribution is -0.142. The van der Waals surface area contributed by atoms with Crippen molar-refractivity contribution in [2.24, 2.45) is 5.92 Å².